The summed E-state index contributed by atoms with van der Waals surface area (Å²) in [4.78, 5) is 17.3. The maximum atomic E-state index is 10.8. The van der Waals surface area contributed by atoms with Crippen LogP contribution in [0, 0.1) is 0 Å². The van der Waals surface area contributed by atoms with Gasteiger partial charge in [-0.15, -0.1) is 0 Å². The molecule has 0 unspecified atom stereocenters. The highest BCUT2D eigenvalue weighted by molar-refractivity contribution is 5.60. The molecule has 72 valence electrons. The van der Waals surface area contributed by atoms with Crippen LogP contribution in [0.3, 0.4) is 0 Å². The van der Waals surface area contributed by atoms with E-state index in [1.807, 2.05) is 0 Å². The fourth-order valence-corrected chi connectivity index (χ4v) is 1.13. The van der Waals surface area contributed by atoms with E-state index in [4.69, 9.17) is 4.74 Å². The molecule has 6 heteroatoms. The van der Waals surface area contributed by atoms with E-state index < -0.39 is 0 Å². The Balaban J connectivity index is 2.55. The third-order valence-electron chi connectivity index (χ3n) is 1.72. The predicted octanol–water partition coefficient (Wildman–Crippen LogP) is 0.169. The second kappa shape index (κ2) is 3.33. The van der Waals surface area contributed by atoms with Crippen LogP contribution in [-0.2, 0) is 0 Å². The normalized spacial score (nSPS) is 10.1. The van der Waals surface area contributed by atoms with Crippen LogP contribution in [-0.4, -0.2) is 27.3 Å². The Morgan fingerprint density at radius 3 is 3.00 bits per heavy atom. The van der Waals surface area contributed by atoms with Crippen molar-refractivity contribution in [1.82, 2.24) is 20.2 Å². The fraction of sp³-hybridized carbons (Fsp3) is 0.125. The summed E-state index contributed by atoms with van der Waals surface area (Å²) in [6.45, 7) is 0. The summed E-state index contributed by atoms with van der Waals surface area (Å²) in [5.74, 6) is 0.843. The van der Waals surface area contributed by atoms with Crippen LogP contribution in [0.2, 0.25) is 0 Å². The smallest absolute Gasteiger partial charge is 0.340 e. The number of H-pyrrole nitrogens is 2. The average Bonchev–Trinajstić information content (AvgIpc) is 2.65. The lowest BCUT2D eigenvalue weighted by Gasteiger charge is -2.02. The first-order chi connectivity index (χ1) is 6.81. The Hall–Kier alpha value is -2.11. The quantitative estimate of drug-likeness (QED) is 0.710. The van der Waals surface area contributed by atoms with Gasteiger partial charge in [0, 0.05) is 6.20 Å². The molecule has 2 N–H and O–H groups in total. The second-order valence-corrected chi connectivity index (χ2v) is 2.59. The Morgan fingerprint density at radius 1 is 1.50 bits per heavy atom. The second-order valence-electron chi connectivity index (χ2n) is 2.59. The molecule has 0 aliphatic rings. The molecule has 2 aromatic heterocycles. The van der Waals surface area contributed by atoms with Gasteiger partial charge in [-0.05, 0) is 12.1 Å². The molecule has 0 radical (unpaired) electrons. The Morgan fingerprint density at radius 2 is 2.36 bits per heavy atom. The zero-order chi connectivity index (χ0) is 9.97. The largest absolute Gasteiger partial charge is 0.480 e. The molecule has 2 heterocycles. The predicted molar refractivity (Wildman–Crippen MR) is 49.0 cm³/mol. The molecule has 0 aliphatic carbocycles. The molecule has 0 bridgehead atoms. The molecular weight excluding hydrogens is 184 g/mol. The van der Waals surface area contributed by atoms with Gasteiger partial charge in [0.1, 0.15) is 0 Å². The van der Waals surface area contributed by atoms with Gasteiger partial charge in [0.15, 0.2) is 5.82 Å². The highest BCUT2D eigenvalue weighted by Gasteiger charge is 2.08. The van der Waals surface area contributed by atoms with Gasteiger partial charge in [-0.1, -0.05) is 0 Å². The first-order valence-corrected chi connectivity index (χ1v) is 3.95. The van der Waals surface area contributed by atoms with Crippen LogP contribution < -0.4 is 10.4 Å². The van der Waals surface area contributed by atoms with Crippen molar-refractivity contribution in [2.24, 2.45) is 0 Å². The molecule has 0 aliphatic heterocycles. The van der Waals surface area contributed by atoms with Gasteiger partial charge in [0.25, 0.3) is 0 Å². The summed E-state index contributed by atoms with van der Waals surface area (Å²) in [5, 5.41) is 6.06. The molecular formula is C8H8N4O2. The molecule has 0 saturated heterocycles. The number of rotatable bonds is 2. The maximum Gasteiger partial charge on any atom is 0.340 e. The van der Waals surface area contributed by atoms with Gasteiger partial charge in [-0.25, -0.2) is 14.9 Å². The highest BCUT2D eigenvalue weighted by Crippen LogP contribution is 2.22. The van der Waals surface area contributed by atoms with E-state index in [0.29, 0.717) is 17.3 Å². The number of methoxy groups -OCH3 is 1. The van der Waals surface area contributed by atoms with E-state index in [2.05, 4.69) is 20.2 Å². The van der Waals surface area contributed by atoms with Gasteiger partial charge in [-0.2, -0.15) is 5.10 Å². The van der Waals surface area contributed by atoms with Crippen LogP contribution >= 0.6 is 0 Å². The van der Waals surface area contributed by atoms with Crippen LogP contribution in [0.1, 0.15) is 0 Å². The molecule has 2 aromatic rings. The van der Waals surface area contributed by atoms with Crippen LogP contribution in [0.25, 0.3) is 11.4 Å². The lowest BCUT2D eigenvalue weighted by Crippen LogP contribution is -2.00. The minimum absolute atomic E-state index is 0.356. The Bertz CT molecular complexity index is 488. The van der Waals surface area contributed by atoms with Crippen LogP contribution in [0.5, 0.6) is 5.88 Å². The third-order valence-corrected chi connectivity index (χ3v) is 1.72. The number of pyridine rings is 1. The molecule has 0 amide bonds. The van der Waals surface area contributed by atoms with Crippen molar-refractivity contribution in [3.8, 4) is 17.3 Å². The van der Waals surface area contributed by atoms with Gasteiger partial charge < -0.3 is 4.74 Å². The van der Waals surface area contributed by atoms with Gasteiger partial charge in [0.05, 0.1) is 12.7 Å². The summed E-state index contributed by atoms with van der Waals surface area (Å²) in [7, 11) is 1.51. The number of nitrogens with one attached hydrogen (secondary N) is 2. The lowest BCUT2D eigenvalue weighted by atomic mass is 10.2. The molecule has 0 aromatic carbocycles. The minimum atomic E-state index is -0.356. The lowest BCUT2D eigenvalue weighted by molar-refractivity contribution is 0.399. The van der Waals surface area contributed by atoms with Crippen molar-refractivity contribution in [2.45, 2.75) is 0 Å². The van der Waals surface area contributed by atoms with Crippen molar-refractivity contribution < 1.29 is 4.74 Å². The van der Waals surface area contributed by atoms with Crippen molar-refractivity contribution in [2.75, 3.05) is 7.11 Å². The molecule has 0 spiro atoms. The summed E-state index contributed by atoms with van der Waals surface area (Å²) in [6, 6.07) is 3.50. The number of ether oxygens (including phenoxy) is 1. The number of aromatic amines is 2. The Kier molecular flexibility index (Phi) is 2.02. The molecule has 6 nitrogen and oxygen atoms in total. The highest BCUT2D eigenvalue weighted by atomic mass is 16.5. The van der Waals surface area contributed by atoms with Crippen LogP contribution in [0.15, 0.2) is 23.1 Å². The van der Waals surface area contributed by atoms with Crippen molar-refractivity contribution >= 4 is 0 Å². The average molecular weight is 192 g/mol. The van der Waals surface area contributed by atoms with Crippen molar-refractivity contribution in [3.05, 3.63) is 28.8 Å². The van der Waals surface area contributed by atoms with Gasteiger partial charge in [0.2, 0.25) is 5.88 Å². The van der Waals surface area contributed by atoms with E-state index >= 15 is 0 Å². The number of hydrogen-bond acceptors (Lipinski definition) is 4. The van der Waals surface area contributed by atoms with E-state index in [1.165, 1.54) is 7.11 Å². The van der Waals surface area contributed by atoms with Crippen molar-refractivity contribution in [1.29, 1.82) is 0 Å². The van der Waals surface area contributed by atoms with Gasteiger partial charge >= 0.3 is 5.69 Å². The third kappa shape index (κ3) is 1.37. The SMILES string of the molecule is COc1ncccc1-c1n[nH]c(=O)[nH]1. The molecule has 0 saturated carbocycles. The zero-order valence-electron chi connectivity index (χ0n) is 7.44. The minimum Gasteiger partial charge on any atom is -0.480 e. The summed E-state index contributed by atoms with van der Waals surface area (Å²) in [6.07, 6.45) is 1.60. The summed E-state index contributed by atoms with van der Waals surface area (Å²) >= 11 is 0. The van der Waals surface area contributed by atoms with E-state index in [0.717, 1.165) is 0 Å². The van der Waals surface area contributed by atoms with Crippen LogP contribution in [0.4, 0.5) is 0 Å². The number of hydrogen-bond donors (Lipinski definition) is 2. The summed E-state index contributed by atoms with van der Waals surface area (Å²) in [5.41, 5.74) is 0.291. The van der Waals surface area contributed by atoms with Crippen molar-refractivity contribution in [3.63, 3.8) is 0 Å². The Labute approximate surface area is 79.0 Å². The van der Waals surface area contributed by atoms with E-state index in [9.17, 15) is 4.79 Å². The first-order valence-electron chi connectivity index (χ1n) is 3.95. The standard InChI is InChI=1S/C8H8N4O2/c1-14-7-5(3-2-4-9-7)6-10-8(13)12-11-6/h2-4H,1H3,(H2,10,11,12,13). The van der Waals surface area contributed by atoms with E-state index in [-0.39, 0.29) is 5.69 Å². The van der Waals surface area contributed by atoms with E-state index in [1.54, 1.807) is 18.3 Å². The monoisotopic (exact) mass is 192 g/mol. The molecule has 2 rings (SSSR count). The fourth-order valence-electron chi connectivity index (χ4n) is 1.13. The summed E-state index contributed by atoms with van der Waals surface area (Å²) < 4.78 is 5.02. The number of aromatic nitrogens is 4. The van der Waals surface area contributed by atoms with Gasteiger partial charge in [-0.3, -0.25) is 4.98 Å². The topological polar surface area (TPSA) is 83.7 Å². The number of nitrogens with zero attached hydrogens (tertiary/aromatic N) is 2. The molecule has 14 heavy (non-hydrogen) atoms. The maximum absolute atomic E-state index is 10.8. The zero-order valence-corrected chi connectivity index (χ0v) is 7.44. The first kappa shape index (κ1) is 8.49. The molecule has 0 fully saturated rings. The molecule has 0 atom stereocenters.